The molecule has 0 bridgehead atoms. The normalized spacial score (nSPS) is 10.5. The molecular formula is C19H24N2O4. The molecule has 0 radical (unpaired) electrons. The van der Waals surface area contributed by atoms with E-state index in [-0.39, 0.29) is 12.6 Å². The van der Waals surface area contributed by atoms with Crippen LogP contribution in [0.25, 0.3) is 0 Å². The molecule has 0 aliphatic heterocycles. The summed E-state index contributed by atoms with van der Waals surface area (Å²) in [7, 11) is 1.63. The maximum absolute atomic E-state index is 12.1. The first-order chi connectivity index (χ1) is 12.2. The largest absolute Gasteiger partial charge is 0.392 e. The van der Waals surface area contributed by atoms with Crippen molar-refractivity contribution in [1.82, 2.24) is 5.32 Å². The Hall–Kier alpha value is -2.41. The number of rotatable bonds is 9. The Labute approximate surface area is 147 Å². The number of hydrogen-bond acceptors (Lipinski definition) is 4. The number of benzene rings is 2. The van der Waals surface area contributed by atoms with Gasteiger partial charge in [0.2, 0.25) is 0 Å². The fraction of sp³-hybridized carbons (Fsp3) is 0.316. The van der Waals surface area contributed by atoms with Gasteiger partial charge in [-0.05, 0) is 28.8 Å². The zero-order chi connectivity index (χ0) is 17.9. The Morgan fingerprint density at radius 2 is 1.88 bits per heavy atom. The molecule has 0 atom stereocenters. The van der Waals surface area contributed by atoms with Gasteiger partial charge in [-0.3, -0.25) is 0 Å². The van der Waals surface area contributed by atoms with Gasteiger partial charge in [-0.2, -0.15) is 0 Å². The average Bonchev–Trinajstić information content (AvgIpc) is 2.64. The minimum atomic E-state index is -0.301. The van der Waals surface area contributed by atoms with Crippen LogP contribution in [0.1, 0.15) is 16.7 Å². The number of amides is 2. The smallest absolute Gasteiger partial charge is 0.319 e. The van der Waals surface area contributed by atoms with Gasteiger partial charge in [0, 0.05) is 19.3 Å². The van der Waals surface area contributed by atoms with Gasteiger partial charge in [0.05, 0.1) is 26.4 Å². The molecule has 0 aliphatic carbocycles. The average molecular weight is 344 g/mol. The van der Waals surface area contributed by atoms with Crippen LogP contribution in [0.2, 0.25) is 0 Å². The minimum absolute atomic E-state index is 0.0510. The highest BCUT2D eigenvalue weighted by atomic mass is 16.5. The molecule has 3 N–H and O–H groups in total. The number of anilines is 1. The molecule has 2 aromatic rings. The molecule has 2 amide bonds. The molecule has 25 heavy (non-hydrogen) atoms. The molecule has 2 aromatic carbocycles. The minimum Gasteiger partial charge on any atom is -0.392 e. The zero-order valence-corrected chi connectivity index (χ0v) is 14.3. The number of urea groups is 1. The van der Waals surface area contributed by atoms with E-state index in [1.54, 1.807) is 7.11 Å². The van der Waals surface area contributed by atoms with E-state index in [1.807, 2.05) is 48.5 Å². The standard InChI is InChI=1S/C19H24N2O4/c1-24-9-10-25-14-15-5-4-8-18(11-15)21-19(23)20-12-16-6-2-3-7-17(16)13-22/h2-8,11,22H,9-10,12-14H2,1H3,(H2,20,21,23). The van der Waals surface area contributed by atoms with Crippen LogP contribution in [-0.4, -0.2) is 31.5 Å². The molecule has 0 fully saturated rings. The lowest BCUT2D eigenvalue weighted by Gasteiger charge is -2.11. The summed E-state index contributed by atoms with van der Waals surface area (Å²) in [4.78, 5) is 12.1. The zero-order valence-electron chi connectivity index (χ0n) is 14.3. The molecule has 0 saturated carbocycles. The molecule has 0 saturated heterocycles. The maximum atomic E-state index is 12.1. The van der Waals surface area contributed by atoms with Gasteiger partial charge < -0.3 is 25.2 Å². The monoisotopic (exact) mass is 344 g/mol. The number of carbonyl (C=O) groups is 1. The molecule has 0 unspecified atom stereocenters. The summed E-state index contributed by atoms with van der Waals surface area (Å²) >= 11 is 0. The van der Waals surface area contributed by atoms with Crippen LogP contribution in [0.3, 0.4) is 0 Å². The van der Waals surface area contributed by atoms with E-state index in [0.29, 0.717) is 32.1 Å². The van der Waals surface area contributed by atoms with Crippen LogP contribution in [-0.2, 0) is 29.2 Å². The lowest BCUT2D eigenvalue weighted by molar-refractivity contribution is 0.0617. The molecular weight excluding hydrogens is 320 g/mol. The Bertz CT molecular complexity index is 676. The van der Waals surface area contributed by atoms with Crippen molar-refractivity contribution in [3.63, 3.8) is 0 Å². The quantitative estimate of drug-likeness (QED) is 0.611. The van der Waals surface area contributed by atoms with Crippen molar-refractivity contribution in [1.29, 1.82) is 0 Å². The topological polar surface area (TPSA) is 79.8 Å². The first kappa shape index (κ1) is 18.9. The second kappa shape index (κ2) is 10.5. The first-order valence-corrected chi connectivity index (χ1v) is 8.11. The van der Waals surface area contributed by atoms with Crippen LogP contribution in [0, 0.1) is 0 Å². The lowest BCUT2D eigenvalue weighted by Crippen LogP contribution is -2.28. The number of methoxy groups -OCH3 is 1. The Kier molecular flexibility index (Phi) is 7.91. The van der Waals surface area contributed by atoms with E-state index < -0.39 is 0 Å². The van der Waals surface area contributed by atoms with E-state index in [4.69, 9.17) is 9.47 Å². The van der Waals surface area contributed by atoms with Crippen molar-refractivity contribution in [2.45, 2.75) is 19.8 Å². The van der Waals surface area contributed by atoms with Crippen molar-refractivity contribution < 1.29 is 19.4 Å². The van der Waals surface area contributed by atoms with Crippen molar-refractivity contribution in [2.24, 2.45) is 0 Å². The van der Waals surface area contributed by atoms with Crippen LogP contribution in [0.4, 0.5) is 10.5 Å². The molecule has 0 aromatic heterocycles. The van der Waals surface area contributed by atoms with Gasteiger partial charge in [-0.1, -0.05) is 36.4 Å². The molecule has 6 nitrogen and oxygen atoms in total. The van der Waals surface area contributed by atoms with Crippen molar-refractivity contribution in [2.75, 3.05) is 25.6 Å². The number of ether oxygens (including phenoxy) is 2. The third-order valence-corrected chi connectivity index (χ3v) is 3.61. The summed E-state index contributed by atoms with van der Waals surface area (Å²) in [5.41, 5.74) is 3.36. The van der Waals surface area contributed by atoms with Crippen LogP contribution >= 0.6 is 0 Å². The van der Waals surface area contributed by atoms with Crippen LogP contribution in [0.5, 0.6) is 0 Å². The molecule has 0 aliphatic rings. The maximum Gasteiger partial charge on any atom is 0.319 e. The molecule has 134 valence electrons. The Morgan fingerprint density at radius 3 is 2.64 bits per heavy atom. The highest BCUT2D eigenvalue weighted by Gasteiger charge is 2.05. The van der Waals surface area contributed by atoms with Crippen LogP contribution in [0.15, 0.2) is 48.5 Å². The van der Waals surface area contributed by atoms with E-state index in [0.717, 1.165) is 16.7 Å². The fourth-order valence-corrected chi connectivity index (χ4v) is 2.31. The summed E-state index contributed by atoms with van der Waals surface area (Å²) in [5, 5.41) is 14.9. The van der Waals surface area contributed by atoms with Gasteiger partial charge in [-0.15, -0.1) is 0 Å². The summed E-state index contributed by atoms with van der Waals surface area (Å²) in [6.45, 7) is 1.84. The number of carbonyl (C=O) groups excluding carboxylic acids is 1. The van der Waals surface area contributed by atoms with E-state index >= 15 is 0 Å². The summed E-state index contributed by atoms with van der Waals surface area (Å²) in [5.74, 6) is 0. The van der Waals surface area contributed by atoms with E-state index in [1.165, 1.54) is 0 Å². The van der Waals surface area contributed by atoms with Gasteiger partial charge in [0.15, 0.2) is 0 Å². The highest BCUT2D eigenvalue weighted by Crippen LogP contribution is 2.12. The van der Waals surface area contributed by atoms with Gasteiger partial charge in [0.25, 0.3) is 0 Å². The number of aliphatic hydroxyl groups is 1. The number of aliphatic hydroxyl groups excluding tert-OH is 1. The highest BCUT2D eigenvalue weighted by molar-refractivity contribution is 5.89. The Morgan fingerprint density at radius 1 is 1.08 bits per heavy atom. The van der Waals surface area contributed by atoms with Crippen molar-refractivity contribution in [3.05, 3.63) is 65.2 Å². The van der Waals surface area contributed by atoms with Crippen LogP contribution < -0.4 is 10.6 Å². The van der Waals surface area contributed by atoms with E-state index in [2.05, 4.69) is 10.6 Å². The summed E-state index contributed by atoms with van der Waals surface area (Å²) in [6, 6.07) is 14.6. The lowest BCUT2D eigenvalue weighted by atomic mass is 10.1. The predicted octanol–water partition coefficient (Wildman–Crippen LogP) is 2.66. The fourth-order valence-electron chi connectivity index (χ4n) is 2.31. The van der Waals surface area contributed by atoms with Gasteiger partial charge in [-0.25, -0.2) is 4.79 Å². The van der Waals surface area contributed by atoms with Gasteiger partial charge in [0.1, 0.15) is 0 Å². The molecule has 6 heteroatoms. The molecule has 0 spiro atoms. The predicted molar refractivity (Wildman–Crippen MR) is 96.2 cm³/mol. The third-order valence-electron chi connectivity index (χ3n) is 3.61. The number of hydrogen-bond donors (Lipinski definition) is 3. The van der Waals surface area contributed by atoms with Crippen molar-refractivity contribution >= 4 is 11.7 Å². The second-order valence-corrected chi connectivity index (χ2v) is 5.48. The number of nitrogens with one attached hydrogen (secondary N) is 2. The molecule has 2 rings (SSSR count). The molecule has 0 heterocycles. The SMILES string of the molecule is COCCOCc1cccc(NC(=O)NCc2ccccc2CO)c1. The second-order valence-electron chi connectivity index (χ2n) is 5.48. The Balaban J connectivity index is 1.83. The summed E-state index contributed by atoms with van der Waals surface area (Å²) in [6.07, 6.45) is 0. The van der Waals surface area contributed by atoms with Crippen molar-refractivity contribution in [3.8, 4) is 0 Å². The van der Waals surface area contributed by atoms with E-state index in [9.17, 15) is 9.90 Å². The third kappa shape index (κ3) is 6.54. The van der Waals surface area contributed by atoms with Gasteiger partial charge >= 0.3 is 6.03 Å². The summed E-state index contributed by atoms with van der Waals surface area (Å²) < 4.78 is 10.4. The first-order valence-electron chi connectivity index (χ1n) is 8.11.